The van der Waals surface area contributed by atoms with Crippen LogP contribution in [0.25, 0.3) is 0 Å². The molecule has 0 aliphatic carbocycles. The summed E-state index contributed by atoms with van der Waals surface area (Å²) in [6.45, 7) is 1.71. The summed E-state index contributed by atoms with van der Waals surface area (Å²) in [5.41, 5.74) is 1.50. The second-order valence-electron chi connectivity index (χ2n) is 3.40. The van der Waals surface area contributed by atoms with Crippen molar-refractivity contribution in [3.05, 3.63) is 29.3 Å². The third-order valence-electron chi connectivity index (χ3n) is 1.93. The Kier molecular flexibility index (Phi) is 3.54. The number of carbonyl (C=O) groups is 1. The van der Waals surface area contributed by atoms with Crippen LogP contribution in [0.3, 0.4) is 0 Å². The van der Waals surface area contributed by atoms with Crippen molar-refractivity contribution in [2.75, 3.05) is 18.1 Å². The Morgan fingerprint density at radius 3 is 2.44 bits per heavy atom. The molecule has 16 heavy (non-hydrogen) atoms. The molecule has 5 nitrogen and oxygen atoms in total. The quantitative estimate of drug-likeness (QED) is 0.808. The number of rotatable bonds is 3. The van der Waals surface area contributed by atoms with Crippen LogP contribution < -0.4 is 4.72 Å². The van der Waals surface area contributed by atoms with Gasteiger partial charge in [-0.05, 0) is 30.7 Å². The standard InChI is InChI=1S/C10H13NO4S/c1-7-6-8(11-16(3,13)14)4-5-9(7)10(12)15-2/h4-6,11H,1-3H3. The van der Waals surface area contributed by atoms with E-state index in [1.807, 2.05) is 0 Å². The first-order chi connectivity index (χ1) is 7.33. The summed E-state index contributed by atoms with van der Waals surface area (Å²) < 4.78 is 28.9. The van der Waals surface area contributed by atoms with Crippen LogP contribution in [0.4, 0.5) is 5.69 Å². The Balaban J connectivity index is 3.05. The summed E-state index contributed by atoms with van der Waals surface area (Å²) in [6, 6.07) is 4.61. The van der Waals surface area contributed by atoms with Crippen molar-refractivity contribution in [1.82, 2.24) is 0 Å². The van der Waals surface area contributed by atoms with E-state index < -0.39 is 16.0 Å². The van der Waals surface area contributed by atoms with Crippen molar-refractivity contribution in [1.29, 1.82) is 0 Å². The van der Waals surface area contributed by atoms with E-state index in [0.717, 1.165) is 6.26 Å². The smallest absolute Gasteiger partial charge is 0.338 e. The lowest BCUT2D eigenvalue weighted by molar-refractivity contribution is 0.0600. The summed E-state index contributed by atoms with van der Waals surface area (Å²) in [5, 5.41) is 0. The number of hydrogen-bond acceptors (Lipinski definition) is 4. The molecule has 0 aliphatic heterocycles. The Morgan fingerprint density at radius 1 is 1.38 bits per heavy atom. The number of esters is 1. The maximum absolute atomic E-state index is 11.3. The van der Waals surface area contributed by atoms with Crippen molar-refractivity contribution in [2.45, 2.75) is 6.92 Å². The molecule has 0 radical (unpaired) electrons. The molecule has 0 aliphatic rings. The molecule has 0 fully saturated rings. The van der Waals surface area contributed by atoms with Crippen molar-refractivity contribution in [3.8, 4) is 0 Å². The number of ether oxygens (including phenoxy) is 1. The molecule has 0 spiro atoms. The highest BCUT2D eigenvalue weighted by Crippen LogP contribution is 2.16. The van der Waals surface area contributed by atoms with Gasteiger partial charge < -0.3 is 4.74 Å². The second kappa shape index (κ2) is 4.52. The number of nitrogens with one attached hydrogen (secondary N) is 1. The largest absolute Gasteiger partial charge is 0.465 e. The lowest BCUT2D eigenvalue weighted by Crippen LogP contribution is -2.10. The highest BCUT2D eigenvalue weighted by Gasteiger charge is 2.10. The van der Waals surface area contributed by atoms with Crippen molar-refractivity contribution >= 4 is 21.7 Å². The molecular weight excluding hydrogens is 230 g/mol. The lowest BCUT2D eigenvalue weighted by Gasteiger charge is -2.07. The highest BCUT2D eigenvalue weighted by molar-refractivity contribution is 7.92. The minimum absolute atomic E-state index is 0.418. The van der Waals surface area contributed by atoms with E-state index in [1.54, 1.807) is 13.0 Å². The van der Waals surface area contributed by atoms with Gasteiger partial charge in [-0.1, -0.05) is 0 Å². The van der Waals surface area contributed by atoms with Gasteiger partial charge >= 0.3 is 5.97 Å². The van der Waals surface area contributed by atoms with E-state index in [9.17, 15) is 13.2 Å². The van der Waals surface area contributed by atoms with Crippen LogP contribution in [0.5, 0.6) is 0 Å². The fourth-order valence-electron chi connectivity index (χ4n) is 1.28. The van der Waals surface area contributed by atoms with Crippen LogP contribution in [-0.2, 0) is 14.8 Å². The molecule has 0 unspecified atom stereocenters. The third-order valence-corrected chi connectivity index (χ3v) is 2.54. The zero-order valence-electron chi connectivity index (χ0n) is 9.27. The molecule has 0 saturated carbocycles. The van der Waals surface area contributed by atoms with Crippen molar-refractivity contribution in [3.63, 3.8) is 0 Å². The van der Waals surface area contributed by atoms with E-state index in [2.05, 4.69) is 9.46 Å². The minimum Gasteiger partial charge on any atom is -0.465 e. The Labute approximate surface area is 94.5 Å². The van der Waals surface area contributed by atoms with E-state index >= 15 is 0 Å². The maximum atomic E-state index is 11.3. The first-order valence-electron chi connectivity index (χ1n) is 4.50. The van der Waals surface area contributed by atoms with Gasteiger partial charge in [0.15, 0.2) is 0 Å². The average Bonchev–Trinajstić information content (AvgIpc) is 2.14. The molecule has 0 atom stereocenters. The Morgan fingerprint density at radius 2 is 2.00 bits per heavy atom. The van der Waals surface area contributed by atoms with E-state index in [0.29, 0.717) is 16.8 Å². The summed E-state index contributed by atoms with van der Waals surface area (Å²) in [6.07, 6.45) is 1.07. The van der Waals surface area contributed by atoms with Crippen LogP contribution >= 0.6 is 0 Å². The monoisotopic (exact) mass is 243 g/mol. The second-order valence-corrected chi connectivity index (χ2v) is 5.14. The normalized spacial score (nSPS) is 10.9. The van der Waals surface area contributed by atoms with Gasteiger partial charge in [-0.2, -0.15) is 0 Å². The fraction of sp³-hybridized carbons (Fsp3) is 0.300. The molecule has 1 rings (SSSR count). The molecule has 0 bridgehead atoms. The first kappa shape index (κ1) is 12.5. The molecule has 0 aromatic heterocycles. The van der Waals surface area contributed by atoms with E-state index in [4.69, 9.17) is 0 Å². The zero-order chi connectivity index (χ0) is 12.3. The molecule has 1 N–H and O–H groups in total. The van der Waals surface area contributed by atoms with Gasteiger partial charge in [0.05, 0.1) is 18.9 Å². The van der Waals surface area contributed by atoms with Gasteiger partial charge in [-0.25, -0.2) is 13.2 Å². The highest BCUT2D eigenvalue weighted by atomic mass is 32.2. The van der Waals surface area contributed by atoms with Gasteiger partial charge in [-0.3, -0.25) is 4.72 Å². The van der Waals surface area contributed by atoms with Crippen LogP contribution in [0, 0.1) is 6.92 Å². The Bertz CT molecular complexity index is 508. The lowest BCUT2D eigenvalue weighted by atomic mass is 10.1. The topological polar surface area (TPSA) is 72.5 Å². The molecule has 0 heterocycles. The number of anilines is 1. The SMILES string of the molecule is COC(=O)c1ccc(NS(C)(=O)=O)cc1C. The van der Waals surface area contributed by atoms with E-state index in [1.165, 1.54) is 19.2 Å². The summed E-state index contributed by atoms with van der Waals surface area (Å²) in [5.74, 6) is -0.441. The number of methoxy groups -OCH3 is 1. The van der Waals surface area contributed by atoms with Crippen LogP contribution in [0.2, 0.25) is 0 Å². The maximum Gasteiger partial charge on any atom is 0.338 e. The van der Waals surface area contributed by atoms with Gasteiger partial charge in [0.2, 0.25) is 10.0 Å². The fourth-order valence-corrected chi connectivity index (χ4v) is 1.84. The number of sulfonamides is 1. The van der Waals surface area contributed by atoms with Crippen LogP contribution in [0.15, 0.2) is 18.2 Å². The molecular formula is C10H13NO4S. The number of benzene rings is 1. The van der Waals surface area contributed by atoms with Gasteiger partial charge in [0.25, 0.3) is 0 Å². The van der Waals surface area contributed by atoms with Crippen LogP contribution in [-0.4, -0.2) is 27.8 Å². The summed E-state index contributed by atoms with van der Waals surface area (Å²) in [7, 11) is -2.00. The molecule has 1 aromatic carbocycles. The predicted octanol–water partition coefficient (Wildman–Crippen LogP) is 1.15. The molecule has 0 saturated heterocycles. The molecule has 1 aromatic rings. The van der Waals surface area contributed by atoms with E-state index in [-0.39, 0.29) is 0 Å². The number of aryl methyl sites for hydroxylation is 1. The average molecular weight is 243 g/mol. The first-order valence-corrected chi connectivity index (χ1v) is 6.39. The summed E-state index contributed by atoms with van der Waals surface area (Å²) >= 11 is 0. The summed E-state index contributed by atoms with van der Waals surface area (Å²) in [4.78, 5) is 11.3. The van der Waals surface area contributed by atoms with Crippen molar-refractivity contribution < 1.29 is 17.9 Å². The number of carbonyl (C=O) groups excluding carboxylic acids is 1. The third kappa shape index (κ3) is 3.23. The Hall–Kier alpha value is -1.56. The van der Waals surface area contributed by atoms with Crippen LogP contribution in [0.1, 0.15) is 15.9 Å². The molecule has 88 valence electrons. The predicted molar refractivity (Wildman–Crippen MR) is 61.0 cm³/mol. The van der Waals surface area contributed by atoms with Gasteiger partial charge in [0.1, 0.15) is 0 Å². The minimum atomic E-state index is -3.30. The van der Waals surface area contributed by atoms with Gasteiger partial charge in [0, 0.05) is 5.69 Å². The van der Waals surface area contributed by atoms with Gasteiger partial charge in [-0.15, -0.1) is 0 Å². The zero-order valence-corrected chi connectivity index (χ0v) is 10.1. The van der Waals surface area contributed by atoms with Crippen molar-refractivity contribution in [2.24, 2.45) is 0 Å². The number of hydrogen-bond donors (Lipinski definition) is 1. The molecule has 6 heteroatoms. The molecule has 0 amide bonds.